The number of aromatic nitrogens is 3. The molecule has 4 rings (SSSR count). The first-order valence-corrected chi connectivity index (χ1v) is 8.88. The molecule has 0 amide bonds. The molecule has 3 aromatic rings. The Hall–Kier alpha value is -3.62. The smallest absolute Gasteiger partial charge is 0.338 e. The molecule has 1 aliphatic carbocycles. The number of nitrogen functional groups attached to an aromatic ring is 1. The molecule has 3 heterocycles. The van der Waals surface area contributed by atoms with Gasteiger partial charge in [0.2, 0.25) is 11.8 Å². The standard InChI is InChI=1S/C20H16F2N4O3/c21-17-12(20(27)28)7-15(25-18(17)14-5-4-13(23)19(22)26-14)11-3-6-16(24-8-11)29-9-10-1-2-10/h3-8,10H,1-2,9,23H2,(H,27,28). The Morgan fingerprint density at radius 1 is 1.17 bits per heavy atom. The van der Waals surface area contributed by atoms with Crippen LogP contribution in [0.2, 0.25) is 0 Å². The summed E-state index contributed by atoms with van der Waals surface area (Å²) in [5.41, 5.74) is 4.61. The number of anilines is 1. The van der Waals surface area contributed by atoms with Crippen molar-refractivity contribution in [3.05, 3.63) is 53.9 Å². The number of pyridine rings is 3. The molecule has 9 heteroatoms. The van der Waals surface area contributed by atoms with E-state index in [4.69, 9.17) is 10.5 Å². The summed E-state index contributed by atoms with van der Waals surface area (Å²) in [6.07, 6.45) is 3.76. The maximum Gasteiger partial charge on any atom is 0.338 e. The lowest BCUT2D eigenvalue weighted by molar-refractivity contribution is 0.0692. The van der Waals surface area contributed by atoms with Crippen LogP contribution >= 0.6 is 0 Å². The summed E-state index contributed by atoms with van der Waals surface area (Å²) in [5.74, 6) is -2.59. The quantitative estimate of drug-likeness (QED) is 0.611. The van der Waals surface area contributed by atoms with E-state index in [0.29, 0.717) is 24.0 Å². The van der Waals surface area contributed by atoms with E-state index in [1.807, 2.05) is 0 Å². The van der Waals surface area contributed by atoms with E-state index < -0.39 is 29.0 Å². The Morgan fingerprint density at radius 3 is 2.59 bits per heavy atom. The summed E-state index contributed by atoms with van der Waals surface area (Å²) in [6, 6.07) is 6.84. The second-order valence-electron chi connectivity index (χ2n) is 6.74. The first-order chi connectivity index (χ1) is 13.9. The number of carbonyl (C=O) groups is 1. The third-order valence-corrected chi connectivity index (χ3v) is 4.50. The predicted octanol–water partition coefficient (Wildman–Crippen LogP) is 3.55. The van der Waals surface area contributed by atoms with Crippen molar-refractivity contribution < 1.29 is 23.4 Å². The molecule has 29 heavy (non-hydrogen) atoms. The first-order valence-electron chi connectivity index (χ1n) is 8.88. The molecule has 0 bridgehead atoms. The Kier molecular flexibility index (Phi) is 4.79. The van der Waals surface area contributed by atoms with E-state index >= 15 is 0 Å². The molecule has 3 N–H and O–H groups in total. The van der Waals surface area contributed by atoms with Crippen LogP contribution in [0.15, 0.2) is 36.5 Å². The third-order valence-electron chi connectivity index (χ3n) is 4.50. The molecule has 0 spiro atoms. The highest BCUT2D eigenvalue weighted by molar-refractivity contribution is 5.91. The lowest BCUT2D eigenvalue weighted by Gasteiger charge is -2.10. The molecule has 0 aliphatic heterocycles. The number of carboxylic acid groups (broad SMARTS) is 1. The number of halogens is 2. The number of nitrogens with zero attached hydrogens (tertiary/aromatic N) is 3. The fraction of sp³-hybridized carbons (Fsp3) is 0.200. The second-order valence-corrected chi connectivity index (χ2v) is 6.74. The number of carboxylic acids is 1. The minimum Gasteiger partial charge on any atom is -0.478 e. The molecule has 3 aromatic heterocycles. The van der Waals surface area contributed by atoms with Gasteiger partial charge in [0.25, 0.3) is 0 Å². The van der Waals surface area contributed by atoms with Gasteiger partial charge in [0, 0.05) is 17.8 Å². The summed E-state index contributed by atoms with van der Waals surface area (Å²) in [6.45, 7) is 0.600. The summed E-state index contributed by atoms with van der Waals surface area (Å²) in [7, 11) is 0. The first kappa shape index (κ1) is 18.7. The molecule has 0 atom stereocenters. The van der Waals surface area contributed by atoms with E-state index in [0.717, 1.165) is 18.9 Å². The predicted molar refractivity (Wildman–Crippen MR) is 100 cm³/mol. The van der Waals surface area contributed by atoms with Gasteiger partial charge in [-0.2, -0.15) is 4.39 Å². The zero-order valence-corrected chi connectivity index (χ0v) is 15.1. The lowest BCUT2D eigenvalue weighted by atomic mass is 10.1. The van der Waals surface area contributed by atoms with Gasteiger partial charge >= 0.3 is 5.97 Å². The van der Waals surface area contributed by atoms with Gasteiger partial charge < -0.3 is 15.6 Å². The Labute approximate surface area is 164 Å². The van der Waals surface area contributed by atoms with Crippen LogP contribution in [0.4, 0.5) is 14.5 Å². The Balaban J connectivity index is 1.73. The summed E-state index contributed by atoms with van der Waals surface area (Å²) in [4.78, 5) is 23.4. The molecule has 0 saturated heterocycles. The maximum absolute atomic E-state index is 14.7. The van der Waals surface area contributed by atoms with Crippen LogP contribution < -0.4 is 10.5 Å². The summed E-state index contributed by atoms with van der Waals surface area (Å²) in [5, 5.41) is 9.36. The van der Waals surface area contributed by atoms with Crippen LogP contribution in [0.3, 0.4) is 0 Å². The van der Waals surface area contributed by atoms with Gasteiger partial charge in [0.1, 0.15) is 5.69 Å². The van der Waals surface area contributed by atoms with E-state index in [2.05, 4.69) is 15.0 Å². The van der Waals surface area contributed by atoms with Gasteiger partial charge in [0.05, 0.1) is 29.2 Å². The number of hydrogen-bond acceptors (Lipinski definition) is 6. The van der Waals surface area contributed by atoms with Crippen LogP contribution in [0.25, 0.3) is 22.6 Å². The number of ether oxygens (including phenoxy) is 1. The second kappa shape index (κ2) is 7.42. The van der Waals surface area contributed by atoms with Crippen molar-refractivity contribution in [1.82, 2.24) is 15.0 Å². The normalized spacial score (nSPS) is 13.3. The fourth-order valence-electron chi connectivity index (χ4n) is 2.68. The van der Waals surface area contributed by atoms with Crippen molar-refractivity contribution in [2.24, 2.45) is 5.92 Å². The molecule has 1 fully saturated rings. The summed E-state index contributed by atoms with van der Waals surface area (Å²) >= 11 is 0. The van der Waals surface area contributed by atoms with Crippen molar-refractivity contribution in [1.29, 1.82) is 0 Å². The van der Waals surface area contributed by atoms with Gasteiger partial charge in [0.15, 0.2) is 5.82 Å². The SMILES string of the molecule is Nc1ccc(-c2nc(-c3ccc(OCC4CC4)nc3)cc(C(=O)O)c2F)nc1F. The number of hydrogen-bond donors (Lipinski definition) is 2. The van der Waals surface area contributed by atoms with Crippen molar-refractivity contribution in [3.8, 4) is 28.5 Å². The van der Waals surface area contributed by atoms with Crippen molar-refractivity contribution >= 4 is 11.7 Å². The highest BCUT2D eigenvalue weighted by Gasteiger charge is 2.23. The molecular weight excluding hydrogens is 382 g/mol. The Bertz CT molecular complexity index is 1090. The van der Waals surface area contributed by atoms with E-state index in [-0.39, 0.29) is 17.1 Å². The molecule has 7 nitrogen and oxygen atoms in total. The van der Waals surface area contributed by atoms with Gasteiger partial charge in [-0.3, -0.25) is 0 Å². The maximum atomic E-state index is 14.7. The zero-order valence-electron chi connectivity index (χ0n) is 15.1. The van der Waals surface area contributed by atoms with Gasteiger partial charge in [-0.05, 0) is 43.0 Å². The fourth-order valence-corrected chi connectivity index (χ4v) is 2.68. The number of nitrogens with two attached hydrogens (primary N) is 1. The topological polar surface area (TPSA) is 111 Å². The van der Waals surface area contributed by atoms with Gasteiger partial charge in [-0.1, -0.05) is 0 Å². The monoisotopic (exact) mass is 398 g/mol. The van der Waals surface area contributed by atoms with Crippen LogP contribution in [0, 0.1) is 17.7 Å². The molecule has 1 saturated carbocycles. The van der Waals surface area contributed by atoms with Crippen LogP contribution in [0.5, 0.6) is 5.88 Å². The van der Waals surface area contributed by atoms with Crippen molar-refractivity contribution in [2.45, 2.75) is 12.8 Å². The minimum atomic E-state index is -1.49. The van der Waals surface area contributed by atoms with Crippen LogP contribution in [-0.4, -0.2) is 32.6 Å². The van der Waals surface area contributed by atoms with Gasteiger partial charge in [-0.25, -0.2) is 24.1 Å². The highest BCUT2D eigenvalue weighted by atomic mass is 19.1. The van der Waals surface area contributed by atoms with Crippen molar-refractivity contribution in [2.75, 3.05) is 12.3 Å². The molecule has 1 aliphatic rings. The van der Waals surface area contributed by atoms with E-state index in [9.17, 15) is 18.7 Å². The molecule has 0 aromatic carbocycles. The lowest BCUT2D eigenvalue weighted by Crippen LogP contribution is -2.07. The average Bonchev–Trinajstić information content (AvgIpc) is 3.53. The van der Waals surface area contributed by atoms with Gasteiger partial charge in [-0.15, -0.1) is 0 Å². The zero-order chi connectivity index (χ0) is 20.5. The molecule has 148 valence electrons. The van der Waals surface area contributed by atoms with Crippen molar-refractivity contribution in [3.63, 3.8) is 0 Å². The van der Waals surface area contributed by atoms with Crippen LogP contribution in [-0.2, 0) is 0 Å². The highest BCUT2D eigenvalue weighted by Crippen LogP contribution is 2.30. The molecular formula is C20H16F2N4O3. The van der Waals surface area contributed by atoms with E-state index in [1.54, 1.807) is 12.1 Å². The minimum absolute atomic E-state index is 0.152. The van der Waals surface area contributed by atoms with E-state index in [1.165, 1.54) is 18.3 Å². The number of aromatic carboxylic acids is 1. The Morgan fingerprint density at radius 2 is 1.97 bits per heavy atom. The summed E-state index contributed by atoms with van der Waals surface area (Å²) < 4.78 is 34.0. The third kappa shape index (κ3) is 3.98. The molecule has 0 unspecified atom stereocenters. The average molecular weight is 398 g/mol. The molecule has 0 radical (unpaired) electrons. The largest absolute Gasteiger partial charge is 0.478 e. The van der Waals surface area contributed by atoms with Crippen LogP contribution in [0.1, 0.15) is 23.2 Å². The number of rotatable bonds is 6.